The number of benzene rings is 1. The third-order valence-electron chi connectivity index (χ3n) is 3.56. The number of rotatable bonds is 6. The van der Waals surface area contributed by atoms with Gasteiger partial charge in [0.15, 0.2) is 0 Å². The molecule has 0 radical (unpaired) electrons. The van der Waals surface area contributed by atoms with E-state index in [1.807, 2.05) is 12.1 Å². The van der Waals surface area contributed by atoms with Gasteiger partial charge in [0, 0.05) is 20.2 Å². The molecule has 3 heteroatoms. The van der Waals surface area contributed by atoms with E-state index < -0.39 is 0 Å². The molecular weight excluding hydrogens is 238 g/mol. The first kappa shape index (κ1) is 14.1. The van der Waals surface area contributed by atoms with Crippen LogP contribution >= 0.6 is 0 Å². The molecule has 1 atom stereocenters. The molecular formula is C16H23NO2. The third kappa shape index (κ3) is 4.37. The van der Waals surface area contributed by atoms with Crippen LogP contribution in [-0.2, 0) is 4.74 Å². The minimum Gasteiger partial charge on any atom is -0.497 e. The average Bonchev–Trinajstić information content (AvgIpc) is 2.88. The highest BCUT2D eigenvalue weighted by atomic mass is 16.5. The zero-order valence-electron chi connectivity index (χ0n) is 11.8. The van der Waals surface area contributed by atoms with Gasteiger partial charge >= 0.3 is 0 Å². The number of hydrogen-bond acceptors (Lipinski definition) is 3. The Kier molecular flexibility index (Phi) is 5.43. The van der Waals surface area contributed by atoms with Crippen LogP contribution in [0.25, 0.3) is 6.08 Å². The number of ether oxygens (including phenoxy) is 2. The van der Waals surface area contributed by atoms with Gasteiger partial charge in [-0.05, 0) is 36.6 Å². The molecule has 1 aliphatic heterocycles. The summed E-state index contributed by atoms with van der Waals surface area (Å²) in [6, 6.07) is 8.13. The molecule has 3 nitrogen and oxygen atoms in total. The summed E-state index contributed by atoms with van der Waals surface area (Å²) in [6.07, 6.45) is 5.66. The molecule has 1 aromatic carbocycles. The second-order valence-corrected chi connectivity index (χ2v) is 5.05. The molecule has 19 heavy (non-hydrogen) atoms. The third-order valence-corrected chi connectivity index (χ3v) is 3.56. The number of likely N-dealkylation sites (tertiary alicyclic amines) is 1. The van der Waals surface area contributed by atoms with E-state index in [1.165, 1.54) is 18.5 Å². The van der Waals surface area contributed by atoms with Crippen molar-refractivity contribution in [3.05, 3.63) is 35.9 Å². The first-order valence-electron chi connectivity index (χ1n) is 6.83. The van der Waals surface area contributed by atoms with E-state index in [9.17, 15) is 0 Å². The summed E-state index contributed by atoms with van der Waals surface area (Å²) in [5.41, 5.74) is 1.22. The predicted molar refractivity (Wildman–Crippen MR) is 78.5 cm³/mol. The molecule has 0 bridgehead atoms. The van der Waals surface area contributed by atoms with Gasteiger partial charge in [0.2, 0.25) is 0 Å². The van der Waals surface area contributed by atoms with Crippen molar-refractivity contribution in [2.45, 2.75) is 6.42 Å². The van der Waals surface area contributed by atoms with Crippen LogP contribution in [0.5, 0.6) is 5.75 Å². The Hall–Kier alpha value is -1.32. The molecule has 1 fully saturated rings. The summed E-state index contributed by atoms with van der Waals surface area (Å²) in [6.45, 7) is 4.24. The molecule has 2 rings (SSSR count). The first-order valence-corrected chi connectivity index (χ1v) is 6.83. The summed E-state index contributed by atoms with van der Waals surface area (Å²) in [4.78, 5) is 2.48. The van der Waals surface area contributed by atoms with E-state index >= 15 is 0 Å². The van der Waals surface area contributed by atoms with Crippen LogP contribution in [0, 0.1) is 5.92 Å². The highest BCUT2D eigenvalue weighted by Gasteiger charge is 2.20. The fourth-order valence-corrected chi connectivity index (χ4v) is 2.50. The molecule has 0 amide bonds. The highest BCUT2D eigenvalue weighted by Crippen LogP contribution is 2.16. The van der Waals surface area contributed by atoms with Gasteiger partial charge in [0.1, 0.15) is 5.75 Å². The van der Waals surface area contributed by atoms with Crippen molar-refractivity contribution in [2.24, 2.45) is 5.92 Å². The van der Waals surface area contributed by atoms with E-state index in [1.54, 1.807) is 14.2 Å². The molecule has 1 saturated heterocycles. The van der Waals surface area contributed by atoms with Crippen molar-refractivity contribution in [3.8, 4) is 5.75 Å². The van der Waals surface area contributed by atoms with E-state index in [2.05, 4.69) is 29.2 Å². The van der Waals surface area contributed by atoms with Crippen molar-refractivity contribution in [2.75, 3.05) is 40.5 Å². The Bertz CT molecular complexity index is 400. The second kappa shape index (κ2) is 7.31. The lowest BCUT2D eigenvalue weighted by atomic mass is 10.1. The maximum atomic E-state index is 5.21. The molecule has 0 unspecified atom stereocenters. The van der Waals surface area contributed by atoms with Gasteiger partial charge in [0.25, 0.3) is 0 Å². The van der Waals surface area contributed by atoms with Gasteiger partial charge in [-0.3, -0.25) is 4.90 Å². The Labute approximate surface area is 115 Å². The Morgan fingerprint density at radius 3 is 2.74 bits per heavy atom. The quantitative estimate of drug-likeness (QED) is 0.786. The molecule has 0 aromatic heterocycles. The minimum absolute atomic E-state index is 0.708. The zero-order valence-corrected chi connectivity index (χ0v) is 11.8. The van der Waals surface area contributed by atoms with Crippen LogP contribution < -0.4 is 4.74 Å². The van der Waals surface area contributed by atoms with Gasteiger partial charge in [0.05, 0.1) is 13.7 Å². The van der Waals surface area contributed by atoms with Crippen LogP contribution in [-0.4, -0.2) is 45.4 Å². The summed E-state index contributed by atoms with van der Waals surface area (Å²) in [5, 5.41) is 0. The average molecular weight is 261 g/mol. The van der Waals surface area contributed by atoms with E-state index in [-0.39, 0.29) is 0 Å². The SMILES string of the molecule is COC[C@H]1CCN(C/C=C/c2ccc(OC)cc2)C1. The monoisotopic (exact) mass is 261 g/mol. The van der Waals surface area contributed by atoms with Crippen LogP contribution in [0.15, 0.2) is 30.3 Å². The summed E-state index contributed by atoms with van der Waals surface area (Å²) in [5.74, 6) is 1.61. The normalized spacial score (nSPS) is 20.2. The van der Waals surface area contributed by atoms with Crippen LogP contribution in [0.1, 0.15) is 12.0 Å². The number of methoxy groups -OCH3 is 2. The van der Waals surface area contributed by atoms with Crippen molar-refractivity contribution >= 4 is 6.08 Å². The van der Waals surface area contributed by atoms with E-state index in [4.69, 9.17) is 9.47 Å². The van der Waals surface area contributed by atoms with E-state index in [0.717, 1.165) is 25.4 Å². The fourth-order valence-electron chi connectivity index (χ4n) is 2.50. The maximum Gasteiger partial charge on any atom is 0.118 e. The van der Waals surface area contributed by atoms with Crippen LogP contribution in [0.3, 0.4) is 0 Å². The van der Waals surface area contributed by atoms with E-state index in [0.29, 0.717) is 5.92 Å². The molecule has 0 N–H and O–H groups in total. The molecule has 1 aliphatic rings. The molecule has 1 aromatic rings. The van der Waals surface area contributed by atoms with Crippen molar-refractivity contribution < 1.29 is 9.47 Å². The van der Waals surface area contributed by atoms with Gasteiger partial charge in [-0.1, -0.05) is 24.3 Å². The summed E-state index contributed by atoms with van der Waals surface area (Å²) in [7, 11) is 3.47. The van der Waals surface area contributed by atoms with Crippen molar-refractivity contribution in [3.63, 3.8) is 0 Å². The zero-order chi connectivity index (χ0) is 13.5. The topological polar surface area (TPSA) is 21.7 Å². The largest absolute Gasteiger partial charge is 0.497 e. The number of nitrogens with zero attached hydrogens (tertiary/aromatic N) is 1. The molecule has 0 spiro atoms. The van der Waals surface area contributed by atoms with Gasteiger partial charge in [-0.15, -0.1) is 0 Å². The predicted octanol–water partition coefficient (Wildman–Crippen LogP) is 2.68. The molecule has 104 valence electrons. The van der Waals surface area contributed by atoms with Gasteiger partial charge in [-0.25, -0.2) is 0 Å². The maximum absolute atomic E-state index is 5.21. The first-order chi connectivity index (χ1) is 9.31. The Morgan fingerprint density at radius 2 is 2.05 bits per heavy atom. The van der Waals surface area contributed by atoms with Gasteiger partial charge < -0.3 is 9.47 Å². The summed E-state index contributed by atoms with van der Waals surface area (Å²) >= 11 is 0. The fraction of sp³-hybridized carbons (Fsp3) is 0.500. The lowest BCUT2D eigenvalue weighted by Crippen LogP contribution is -2.21. The summed E-state index contributed by atoms with van der Waals surface area (Å²) < 4.78 is 10.4. The minimum atomic E-state index is 0.708. The van der Waals surface area contributed by atoms with Gasteiger partial charge in [-0.2, -0.15) is 0 Å². The lowest BCUT2D eigenvalue weighted by molar-refractivity contribution is 0.154. The van der Waals surface area contributed by atoms with Crippen LogP contribution in [0.2, 0.25) is 0 Å². The highest BCUT2D eigenvalue weighted by molar-refractivity contribution is 5.50. The second-order valence-electron chi connectivity index (χ2n) is 5.05. The Balaban J connectivity index is 1.77. The molecule has 0 aliphatic carbocycles. The van der Waals surface area contributed by atoms with Crippen LogP contribution in [0.4, 0.5) is 0 Å². The lowest BCUT2D eigenvalue weighted by Gasteiger charge is -2.13. The standard InChI is InChI=1S/C16H23NO2/c1-18-13-15-9-11-17(12-15)10-3-4-14-5-7-16(19-2)8-6-14/h3-8,15H,9-13H2,1-2H3/b4-3+/t15-/m0/s1. The number of hydrogen-bond donors (Lipinski definition) is 0. The van der Waals surface area contributed by atoms with Crippen molar-refractivity contribution in [1.29, 1.82) is 0 Å². The van der Waals surface area contributed by atoms with Crippen molar-refractivity contribution in [1.82, 2.24) is 4.90 Å². The Morgan fingerprint density at radius 1 is 1.26 bits per heavy atom. The smallest absolute Gasteiger partial charge is 0.118 e. The molecule has 1 heterocycles. The molecule has 0 saturated carbocycles.